The van der Waals surface area contributed by atoms with Crippen LogP contribution in [0.4, 0.5) is 17.1 Å². The first-order valence-electron chi connectivity index (χ1n) is 23.4. The van der Waals surface area contributed by atoms with E-state index in [1.54, 1.807) is 112 Å². The first-order chi connectivity index (χ1) is 37.7. The van der Waals surface area contributed by atoms with Crippen molar-refractivity contribution in [3.8, 4) is 0 Å². The van der Waals surface area contributed by atoms with Crippen LogP contribution in [0.15, 0.2) is 87.2 Å². The fourth-order valence-electron chi connectivity index (χ4n) is 8.36. The lowest BCUT2D eigenvalue weighted by atomic mass is 10.1. The number of hydrogen-bond acceptors (Lipinski definition) is 19. The molecular formula is C51H39N7O12S9. The Kier molecular flexibility index (Phi) is 16.9. The van der Waals surface area contributed by atoms with Crippen molar-refractivity contribution < 1.29 is 44.1 Å². The summed E-state index contributed by atoms with van der Waals surface area (Å²) in [6.07, 6.45) is 4.80. The average Bonchev–Trinajstić information content (AvgIpc) is 4.44. The second-order valence-corrected chi connectivity index (χ2v) is 25.0. The zero-order chi connectivity index (χ0) is 56.7. The summed E-state index contributed by atoms with van der Waals surface area (Å²) >= 11 is 22.1. The van der Waals surface area contributed by atoms with Crippen molar-refractivity contribution in [2.45, 2.75) is 40.4 Å². The number of aromatic nitrogens is 3. The van der Waals surface area contributed by atoms with E-state index < -0.39 is 71.9 Å². The van der Waals surface area contributed by atoms with E-state index in [4.69, 9.17) is 36.7 Å². The lowest BCUT2D eigenvalue weighted by Gasteiger charge is -2.26. The van der Waals surface area contributed by atoms with Gasteiger partial charge in [0, 0.05) is 36.7 Å². The van der Waals surface area contributed by atoms with E-state index in [0.717, 1.165) is 83.0 Å². The number of aliphatic carboxylic acids is 3. The minimum atomic E-state index is -1.27. The maximum Gasteiger partial charge on any atom is 0.323 e. The smallest absolute Gasteiger partial charge is 0.323 e. The third kappa shape index (κ3) is 11.3. The van der Waals surface area contributed by atoms with E-state index in [1.807, 2.05) is 4.90 Å². The summed E-state index contributed by atoms with van der Waals surface area (Å²) in [7, 11) is 0. The van der Waals surface area contributed by atoms with Gasteiger partial charge in [-0.3, -0.25) is 71.6 Å². The molecule has 3 amide bonds. The summed E-state index contributed by atoms with van der Waals surface area (Å²) in [5.41, 5.74) is 1.78. The summed E-state index contributed by atoms with van der Waals surface area (Å²) < 4.78 is 5.13. The van der Waals surface area contributed by atoms with Crippen molar-refractivity contribution >= 4 is 205 Å². The van der Waals surface area contributed by atoms with Crippen LogP contribution in [0.1, 0.15) is 37.5 Å². The first-order valence-corrected chi connectivity index (χ1v) is 29.6. The highest BCUT2D eigenvalue weighted by Crippen LogP contribution is 2.36. The Hall–Kier alpha value is -6.89. The Morgan fingerprint density at radius 1 is 0.443 bits per heavy atom. The number of rotatable bonds is 15. The summed E-state index contributed by atoms with van der Waals surface area (Å²) in [5.74, 6) is -5.06. The zero-order valence-electron chi connectivity index (χ0n) is 41.2. The monoisotopic (exact) mass is 1230 g/mol. The number of thiazole rings is 3. The van der Waals surface area contributed by atoms with Gasteiger partial charge in [-0.1, -0.05) is 108 Å². The fraction of sp³-hybridized carbons (Fsp3) is 0.176. The van der Waals surface area contributed by atoms with Crippen molar-refractivity contribution in [1.29, 1.82) is 0 Å². The molecule has 3 aliphatic heterocycles. The number of carboxylic acids is 3. The second-order valence-electron chi connectivity index (χ2n) is 17.0. The molecular weight excluding hydrogens is 1190 g/mol. The predicted octanol–water partition coefficient (Wildman–Crippen LogP) is 2.53. The molecule has 0 bridgehead atoms. The highest BCUT2D eigenvalue weighted by Gasteiger charge is 2.36. The van der Waals surface area contributed by atoms with Crippen LogP contribution in [0.3, 0.4) is 0 Å². The van der Waals surface area contributed by atoms with E-state index >= 15 is 0 Å². The largest absolute Gasteiger partial charge is 0.480 e. The average molecular weight is 1230 g/mol. The van der Waals surface area contributed by atoms with Crippen LogP contribution in [0.5, 0.6) is 0 Å². The van der Waals surface area contributed by atoms with Crippen molar-refractivity contribution in [2.24, 2.45) is 0 Å². The Labute approximate surface area is 486 Å². The molecule has 404 valence electrons. The van der Waals surface area contributed by atoms with Gasteiger partial charge in [0.15, 0.2) is 0 Å². The molecule has 3 N–H and O–H groups in total. The van der Waals surface area contributed by atoms with Crippen molar-refractivity contribution in [3.63, 3.8) is 0 Å². The number of nitrogens with zero attached hydrogens (tertiary/aromatic N) is 7. The molecule has 0 aliphatic carbocycles. The Morgan fingerprint density at radius 3 is 0.886 bits per heavy atom. The number of thiocarbonyl (C=S) groups is 3. The van der Waals surface area contributed by atoms with Gasteiger partial charge < -0.3 is 20.2 Å². The third-order valence-corrected chi connectivity index (χ3v) is 20.1. The Balaban J connectivity index is 1.13. The number of carboxylic acid groups (broad SMARTS) is 3. The summed E-state index contributed by atoms with van der Waals surface area (Å²) in [6.45, 7) is 4.14. The van der Waals surface area contributed by atoms with Gasteiger partial charge in [-0.15, -0.1) is 34.0 Å². The lowest BCUT2D eigenvalue weighted by molar-refractivity contribution is -0.138. The van der Waals surface area contributed by atoms with Crippen LogP contribution < -0.4 is 49.2 Å². The molecule has 0 atom stereocenters. The molecule has 0 radical (unpaired) electrons. The lowest BCUT2D eigenvalue weighted by Crippen LogP contribution is -2.35. The van der Waals surface area contributed by atoms with Crippen molar-refractivity contribution in [3.05, 3.63) is 148 Å². The van der Waals surface area contributed by atoms with E-state index in [1.165, 1.54) is 14.7 Å². The second kappa shape index (κ2) is 23.4. The van der Waals surface area contributed by atoms with Crippen LogP contribution in [0.2, 0.25) is 0 Å². The molecule has 0 saturated carbocycles. The number of anilines is 3. The molecule has 28 heteroatoms. The number of thioether (sulfide) groups is 3. The van der Waals surface area contributed by atoms with E-state index in [2.05, 4.69) is 0 Å². The van der Waals surface area contributed by atoms with Gasteiger partial charge in [0.25, 0.3) is 34.4 Å². The summed E-state index contributed by atoms with van der Waals surface area (Å²) in [6, 6.07) is 21.3. The van der Waals surface area contributed by atoms with Crippen molar-refractivity contribution in [1.82, 2.24) is 28.4 Å². The quantitative estimate of drug-likeness (QED) is 0.125. The highest BCUT2D eigenvalue weighted by atomic mass is 32.2. The molecule has 0 unspecified atom stereocenters. The number of carbonyl (C=O) groups is 6. The molecule has 19 nitrogen and oxygen atoms in total. The molecule has 6 heterocycles. The minimum Gasteiger partial charge on any atom is -0.480 e. The van der Waals surface area contributed by atoms with Gasteiger partial charge in [-0.2, -0.15) is 0 Å². The summed E-state index contributed by atoms with van der Waals surface area (Å²) in [5, 5.41) is 29.2. The molecule has 3 aliphatic rings. The maximum atomic E-state index is 13.8. The van der Waals surface area contributed by atoms with Gasteiger partial charge in [0.1, 0.15) is 61.3 Å². The van der Waals surface area contributed by atoms with Crippen LogP contribution in [-0.2, 0) is 48.4 Å². The molecule has 9 rings (SSSR count). The number of hydrogen-bond donors (Lipinski definition) is 3. The Bertz CT molecular complexity index is 3820. The van der Waals surface area contributed by atoms with Crippen molar-refractivity contribution in [2.75, 3.05) is 24.5 Å². The van der Waals surface area contributed by atoms with Crippen LogP contribution >= 0.6 is 106 Å². The number of amides is 3. The number of carbonyl (C=O) groups excluding carboxylic acids is 3. The van der Waals surface area contributed by atoms with E-state index in [0.29, 0.717) is 66.3 Å². The van der Waals surface area contributed by atoms with Gasteiger partial charge in [-0.05, 0) is 92.1 Å². The minimum absolute atomic E-state index is 0.165. The molecule has 79 heavy (non-hydrogen) atoms. The molecule has 3 aromatic carbocycles. The molecule has 0 spiro atoms. The first kappa shape index (κ1) is 56.8. The van der Waals surface area contributed by atoms with Crippen LogP contribution in [0.25, 0.3) is 32.9 Å². The van der Waals surface area contributed by atoms with Crippen LogP contribution in [0, 0.1) is 0 Å². The third-order valence-electron chi connectivity index (χ3n) is 12.0. The fourth-order valence-corrected chi connectivity index (χ4v) is 16.3. The molecule has 3 aromatic heterocycles. The Morgan fingerprint density at radius 2 is 0.684 bits per heavy atom. The highest BCUT2D eigenvalue weighted by molar-refractivity contribution is 8.31. The van der Waals surface area contributed by atoms with Gasteiger partial charge in [0.05, 0.1) is 13.6 Å². The number of benzene rings is 3. The summed E-state index contributed by atoms with van der Waals surface area (Å²) in [4.78, 5) is 124. The molecule has 6 aromatic rings. The van der Waals surface area contributed by atoms with Gasteiger partial charge in [0.2, 0.25) is 0 Å². The van der Waals surface area contributed by atoms with Gasteiger partial charge >= 0.3 is 17.9 Å². The zero-order valence-corrected chi connectivity index (χ0v) is 48.6. The standard InChI is InChI=1S/C51H39N7O12S9/c1-4-52-43(68)37(77-49(52)71)46-55(22-34(59)60)40(65)31(74-46)19-25-7-13-28(14-8-25)58(29-15-9-26(10-16-29)20-32-41(66)56(23-35(61)62)47(75-32)38-44(69)53(5-2)50(72)78-38)30-17-11-27(12-18-30)21-33-42(67)57(24-36(63)64)48(76-33)39-45(70)54(6-3)51(73)79-39/h7-21H,4-6,22-24H2,1-3H3,(H,59,60)(H,61,62)(H,63,64)/b31-19-,32-20+,33-21?,46-37+,47-38+,48-39+. The maximum absolute atomic E-state index is 13.8. The van der Waals surface area contributed by atoms with E-state index in [-0.39, 0.29) is 42.3 Å². The van der Waals surface area contributed by atoms with Crippen LogP contribution in [-0.4, -0.2) is 112 Å². The predicted molar refractivity (Wildman–Crippen MR) is 321 cm³/mol. The molecule has 3 saturated heterocycles. The normalized spacial score (nSPS) is 17.7. The topological polar surface area (TPSA) is 242 Å². The molecule has 3 fully saturated rings. The van der Waals surface area contributed by atoms with E-state index in [9.17, 15) is 58.5 Å². The SMILES string of the molecule is CCN1C(=O)/C(=c2\sc(=Cc3ccc(N(c4ccc(/C=c5\s/c(=C6/SC(=S)N(CC)C6=O)n(CC(=O)O)c5=O)cc4)c4ccc(/C=c5/s/c(=C6/SC(=S)N(CC)C6=O)n(CC(=O)O)c5=O)cc4)cc3)c(=O)n2CC(=O)O)SC1=S. The van der Waals surface area contributed by atoms with Gasteiger partial charge in [-0.25, -0.2) is 0 Å².